The third-order valence-corrected chi connectivity index (χ3v) is 8.97. The molecule has 1 saturated heterocycles. The molecule has 0 amide bonds. The molecular weight excluding hydrogens is 592 g/mol. The van der Waals surface area contributed by atoms with Gasteiger partial charge in [0.2, 0.25) is 0 Å². The Morgan fingerprint density at radius 1 is 1.04 bits per heavy atom. The summed E-state index contributed by atoms with van der Waals surface area (Å²) < 4.78 is 1.57. The van der Waals surface area contributed by atoms with Gasteiger partial charge in [-0.1, -0.05) is 74.0 Å². The fourth-order valence-corrected chi connectivity index (χ4v) is 6.60. The van der Waals surface area contributed by atoms with Gasteiger partial charge in [-0.15, -0.1) is 5.10 Å². The Morgan fingerprint density at radius 3 is 2.52 bits per heavy atom. The van der Waals surface area contributed by atoms with Crippen LogP contribution in [0.5, 0.6) is 0 Å². The van der Waals surface area contributed by atoms with Gasteiger partial charge in [0.15, 0.2) is 17.8 Å². The minimum absolute atomic E-state index is 0.385. The molecule has 0 bridgehead atoms. The molecule has 3 aromatic heterocycles. The molecule has 0 radical (unpaired) electrons. The Balaban J connectivity index is 1.38. The highest BCUT2D eigenvalue weighted by atomic mass is 35.5. The summed E-state index contributed by atoms with van der Waals surface area (Å²) in [6.45, 7) is 13.7. The summed E-state index contributed by atoms with van der Waals surface area (Å²) in [5.74, 6) is 0.556. The van der Waals surface area contributed by atoms with Crippen molar-refractivity contribution in [2.24, 2.45) is 0 Å². The molecule has 7 nitrogen and oxygen atoms in total. The van der Waals surface area contributed by atoms with E-state index in [4.69, 9.17) is 21.6 Å². The van der Waals surface area contributed by atoms with Crippen LogP contribution < -0.4 is 15.9 Å². The molecule has 1 fully saturated rings. The van der Waals surface area contributed by atoms with Crippen LogP contribution in [0.3, 0.4) is 0 Å². The number of rotatable bonds is 10. The molecule has 1 aliphatic heterocycles. The van der Waals surface area contributed by atoms with Crippen molar-refractivity contribution < 1.29 is 4.79 Å². The van der Waals surface area contributed by atoms with E-state index in [1.807, 2.05) is 24.4 Å². The number of fused-ring (bicyclic) bond motifs is 1. The first-order chi connectivity index (χ1) is 22.4. The predicted octanol–water partition coefficient (Wildman–Crippen LogP) is 7.12. The van der Waals surface area contributed by atoms with Crippen molar-refractivity contribution in [2.45, 2.75) is 53.0 Å². The minimum Gasteiger partial charge on any atom is -0.357 e. The average molecular weight is 631 g/mol. The number of anilines is 1. The Bertz CT molecular complexity index is 2060. The number of allylic oxidation sites excluding steroid dienone is 1. The highest BCUT2D eigenvalue weighted by molar-refractivity contribution is 6.33. The summed E-state index contributed by atoms with van der Waals surface area (Å²) in [7, 11) is 0. The first-order valence-electron chi connectivity index (χ1n) is 15.9. The van der Waals surface area contributed by atoms with Crippen molar-refractivity contribution in [2.75, 3.05) is 18.4 Å². The van der Waals surface area contributed by atoms with Crippen molar-refractivity contribution in [3.63, 3.8) is 0 Å². The van der Waals surface area contributed by atoms with Crippen LogP contribution in [0.4, 0.5) is 5.69 Å². The van der Waals surface area contributed by atoms with Gasteiger partial charge < -0.3 is 5.32 Å². The van der Waals surface area contributed by atoms with Crippen molar-refractivity contribution >= 4 is 41.0 Å². The number of hydrogen-bond acceptors (Lipinski definition) is 6. The molecule has 2 aromatic carbocycles. The Hall–Kier alpha value is -4.59. The van der Waals surface area contributed by atoms with E-state index >= 15 is 0 Å². The van der Waals surface area contributed by atoms with Crippen molar-refractivity contribution in [1.82, 2.24) is 24.5 Å². The van der Waals surface area contributed by atoms with E-state index in [2.05, 4.69) is 79.1 Å². The van der Waals surface area contributed by atoms with E-state index in [0.29, 0.717) is 22.1 Å². The van der Waals surface area contributed by atoms with Crippen LogP contribution in [-0.2, 0) is 6.54 Å². The monoisotopic (exact) mass is 630 g/mol. The van der Waals surface area contributed by atoms with Gasteiger partial charge in [-0.25, -0.2) is 9.50 Å². The lowest BCUT2D eigenvalue weighted by atomic mass is 9.92. The summed E-state index contributed by atoms with van der Waals surface area (Å²) in [6.07, 6.45) is 12.7. The fraction of sp³-hybridized carbons (Fsp3) is 0.263. The summed E-state index contributed by atoms with van der Waals surface area (Å²) in [4.78, 5) is 23.6. The largest absolute Gasteiger partial charge is 0.357 e. The van der Waals surface area contributed by atoms with Crippen LogP contribution in [0.15, 0.2) is 73.6 Å². The number of aromatic nitrogens is 4. The van der Waals surface area contributed by atoms with Gasteiger partial charge in [0, 0.05) is 46.7 Å². The SMILES string of the molecule is C=C/C=c1/cc(CN2CCCC2)cn/c1=C(/CCC)Nc1cccc(-c2cccc(-c3nc4c(Cl)cc(C=O)cn4n3)c2C)c1C. The van der Waals surface area contributed by atoms with Crippen molar-refractivity contribution in [1.29, 1.82) is 0 Å². The Labute approximate surface area is 275 Å². The predicted molar refractivity (Wildman–Crippen MR) is 188 cm³/mol. The Kier molecular flexibility index (Phi) is 9.43. The highest BCUT2D eigenvalue weighted by Gasteiger charge is 2.17. The molecule has 4 heterocycles. The van der Waals surface area contributed by atoms with Crippen LogP contribution in [0.25, 0.3) is 39.9 Å². The molecule has 5 aromatic rings. The van der Waals surface area contributed by atoms with E-state index in [1.54, 1.807) is 16.8 Å². The zero-order valence-electron chi connectivity index (χ0n) is 26.7. The van der Waals surface area contributed by atoms with Crippen LogP contribution in [0.1, 0.15) is 59.7 Å². The quantitative estimate of drug-likeness (QED) is 0.166. The van der Waals surface area contributed by atoms with Gasteiger partial charge in [0.25, 0.3) is 0 Å². The number of benzene rings is 2. The van der Waals surface area contributed by atoms with Crippen molar-refractivity contribution in [3.8, 4) is 22.5 Å². The van der Waals surface area contributed by atoms with Crippen molar-refractivity contribution in [3.05, 3.63) is 111 Å². The number of carbonyl (C=O) groups excluding carboxylic acids is 1. The molecule has 0 atom stereocenters. The normalized spacial score (nSPS) is 14.6. The summed E-state index contributed by atoms with van der Waals surface area (Å²) >= 11 is 6.42. The molecule has 46 heavy (non-hydrogen) atoms. The van der Waals surface area contributed by atoms with Gasteiger partial charge in [0.05, 0.1) is 10.4 Å². The lowest BCUT2D eigenvalue weighted by Gasteiger charge is -2.18. The molecule has 0 saturated carbocycles. The second-order valence-electron chi connectivity index (χ2n) is 11.9. The topological polar surface area (TPSA) is 75.4 Å². The lowest BCUT2D eigenvalue weighted by Crippen LogP contribution is -2.34. The minimum atomic E-state index is 0.385. The first-order valence-corrected chi connectivity index (χ1v) is 16.3. The maximum Gasteiger partial charge on any atom is 0.182 e. The van der Waals surface area contributed by atoms with Crippen LogP contribution in [0, 0.1) is 13.8 Å². The summed E-state index contributed by atoms with van der Waals surface area (Å²) in [6, 6.07) is 16.4. The van der Waals surface area contributed by atoms with Gasteiger partial charge in [-0.2, -0.15) is 0 Å². The third kappa shape index (κ3) is 6.39. The smallest absolute Gasteiger partial charge is 0.182 e. The maximum atomic E-state index is 11.4. The highest BCUT2D eigenvalue weighted by Crippen LogP contribution is 2.35. The van der Waals surface area contributed by atoms with Gasteiger partial charge >= 0.3 is 0 Å². The van der Waals surface area contributed by atoms with Gasteiger partial charge in [0.1, 0.15) is 0 Å². The number of aldehydes is 1. The summed E-state index contributed by atoms with van der Waals surface area (Å²) in [5, 5.41) is 10.9. The second kappa shape index (κ2) is 13.8. The Morgan fingerprint density at radius 2 is 1.78 bits per heavy atom. The second-order valence-corrected chi connectivity index (χ2v) is 12.3. The molecular formula is C38H39ClN6O. The molecule has 234 valence electrons. The number of carbonyl (C=O) groups is 1. The van der Waals surface area contributed by atoms with Crippen LogP contribution >= 0.6 is 11.6 Å². The van der Waals surface area contributed by atoms with E-state index in [1.165, 1.54) is 18.4 Å². The molecule has 0 spiro atoms. The first kappa shape index (κ1) is 31.4. The zero-order chi connectivity index (χ0) is 32.2. The van der Waals surface area contributed by atoms with E-state index in [0.717, 1.165) is 88.5 Å². The van der Waals surface area contributed by atoms with Gasteiger partial charge in [-0.3, -0.25) is 14.7 Å². The fourth-order valence-electron chi connectivity index (χ4n) is 6.35. The van der Waals surface area contributed by atoms with E-state index in [9.17, 15) is 4.79 Å². The molecule has 1 N–H and O–H groups in total. The molecule has 1 aliphatic rings. The standard InChI is InChI=1S/C38H39ClN6O/c1-5-11-29-19-27(22-44-17-7-8-18-44)21-40-36(29)35(12-6-2)41-34-16-10-14-31(26(34)4)30-13-9-15-32(25(30)3)37-42-38-33(39)20-28(24-46)23-45(38)43-37/h5,9-11,13-16,19-21,23-24,41H,1,6-8,12,17-18,22H2,2-4H3/b29-11-,36-35-. The van der Waals surface area contributed by atoms with Gasteiger partial charge in [-0.05, 0) is 92.2 Å². The number of nitrogens with zero attached hydrogens (tertiary/aromatic N) is 5. The third-order valence-electron chi connectivity index (χ3n) is 8.69. The molecule has 0 unspecified atom stereocenters. The molecule has 0 aliphatic carbocycles. The average Bonchev–Trinajstić information content (AvgIpc) is 3.73. The van der Waals surface area contributed by atoms with Crippen LogP contribution in [0.2, 0.25) is 5.02 Å². The molecule has 8 heteroatoms. The van der Waals surface area contributed by atoms with E-state index in [-0.39, 0.29) is 0 Å². The number of pyridine rings is 2. The summed E-state index contributed by atoms with van der Waals surface area (Å²) in [5.41, 5.74) is 9.64. The number of halogens is 1. The zero-order valence-corrected chi connectivity index (χ0v) is 27.4. The lowest BCUT2D eigenvalue weighted by molar-refractivity contribution is 0.112. The number of likely N-dealkylation sites (tertiary alicyclic amines) is 1. The van der Waals surface area contributed by atoms with E-state index < -0.39 is 0 Å². The number of nitrogens with one attached hydrogen (secondary N) is 1. The number of hydrogen-bond donors (Lipinski definition) is 1. The van der Waals surface area contributed by atoms with Crippen LogP contribution in [-0.4, -0.2) is 43.9 Å². The molecule has 6 rings (SSSR count). The maximum absolute atomic E-state index is 11.4.